The zero-order valence-electron chi connectivity index (χ0n) is 13.9. The van der Waals surface area contributed by atoms with Crippen molar-refractivity contribution in [2.45, 2.75) is 26.5 Å². The summed E-state index contributed by atoms with van der Waals surface area (Å²) in [5, 5.41) is 5.65. The minimum Gasteiger partial charge on any atom is -0.485 e. The maximum atomic E-state index is 12.1. The third-order valence-electron chi connectivity index (χ3n) is 3.55. The van der Waals surface area contributed by atoms with Gasteiger partial charge in [0, 0.05) is 18.1 Å². The number of hydrogen-bond donors (Lipinski definition) is 1. The van der Waals surface area contributed by atoms with Gasteiger partial charge in [0.05, 0.1) is 18.3 Å². The molecule has 2 aromatic heterocycles. The van der Waals surface area contributed by atoms with Gasteiger partial charge in [0.1, 0.15) is 17.4 Å². The second kappa shape index (κ2) is 8.39. The fourth-order valence-corrected chi connectivity index (χ4v) is 2.91. The Labute approximate surface area is 150 Å². The van der Waals surface area contributed by atoms with Crippen molar-refractivity contribution in [1.82, 2.24) is 15.3 Å². The van der Waals surface area contributed by atoms with Crippen molar-refractivity contribution in [2.75, 3.05) is 0 Å². The van der Waals surface area contributed by atoms with Gasteiger partial charge in [-0.05, 0) is 24.6 Å². The van der Waals surface area contributed by atoms with Crippen LogP contribution in [0.25, 0.3) is 0 Å². The quantitative estimate of drug-likeness (QED) is 0.708. The standard InChI is InChI=1S/C19H19N3O2S/c1-14-4-6-15(7-5-14)10-21-18(23)9-16-13-25-19(22-16)12-24-17-3-2-8-20-11-17/h2-8,11,13H,9-10,12H2,1H3,(H,21,23). The zero-order chi connectivity index (χ0) is 17.5. The van der Waals surface area contributed by atoms with Crippen molar-refractivity contribution in [2.24, 2.45) is 0 Å². The van der Waals surface area contributed by atoms with Gasteiger partial charge in [0.15, 0.2) is 0 Å². The van der Waals surface area contributed by atoms with E-state index in [4.69, 9.17) is 4.74 Å². The molecule has 2 heterocycles. The summed E-state index contributed by atoms with van der Waals surface area (Å²) in [6.07, 6.45) is 3.63. The topological polar surface area (TPSA) is 64.1 Å². The highest BCUT2D eigenvalue weighted by Gasteiger charge is 2.08. The average molecular weight is 353 g/mol. The first-order valence-corrected chi connectivity index (χ1v) is 8.85. The molecular weight excluding hydrogens is 334 g/mol. The molecule has 1 N–H and O–H groups in total. The third-order valence-corrected chi connectivity index (χ3v) is 4.42. The average Bonchev–Trinajstić information content (AvgIpc) is 3.08. The highest BCUT2D eigenvalue weighted by Crippen LogP contribution is 2.14. The number of carbonyl (C=O) groups excluding carboxylic acids is 1. The van der Waals surface area contributed by atoms with Crippen LogP contribution in [0.2, 0.25) is 0 Å². The molecule has 0 radical (unpaired) electrons. The van der Waals surface area contributed by atoms with Crippen LogP contribution >= 0.6 is 11.3 Å². The predicted molar refractivity (Wildman–Crippen MR) is 97.4 cm³/mol. The van der Waals surface area contributed by atoms with E-state index in [2.05, 4.69) is 15.3 Å². The van der Waals surface area contributed by atoms with Gasteiger partial charge in [0.25, 0.3) is 0 Å². The van der Waals surface area contributed by atoms with Crippen LogP contribution in [-0.2, 0) is 24.4 Å². The summed E-state index contributed by atoms with van der Waals surface area (Å²) in [7, 11) is 0. The van der Waals surface area contributed by atoms with E-state index in [9.17, 15) is 4.79 Å². The number of aryl methyl sites for hydroxylation is 1. The van der Waals surface area contributed by atoms with Crippen LogP contribution in [0.5, 0.6) is 5.75 Å². The van der Waals surface area contributed by atoms with E-state index in [0.29, 0.717) is 18.9 Å². The van der Waals surface area contributed by atoms with Gasteiger partial charge in [-0.2, -0.15) is 0 Å². The lowest BCUT2D eigenvalue weighted by molar-refractivity contribution is -0.120. The first kappa shape index (κ1) is 17.1. The minimum atomic E-state index is -0.0365. The van der Waals surface area contributed by atoms with Gasteiger partial charge in [0.2, 0.25) is 5.91 Å². The summed E-state index contributed by atoms with van der Waals surface area (Å²) in [6.45, 7) is 2.95. The molecule has 0 bridgehead atoms. The Morgan fingerprint density at radius 1 is 1.24 bits per heavy atom. The molecule has 3 aromatic rings. The van der Waals surface area contributed by atoms with Gasteiger partial charge < -0.3 is 10.1 Å². The molecular formula is C19H19N3O2S. The van der Waals surface area contributed by atoms with Crippen LogP contribution < -0.4 is 10.1 Å². The molecule has 0 atom stereocenters. The van der Waals surface area contributed by atoms with E-state index in [1.807, 2.05) is 48.7 Å². The van der Waals surface area contributed by atoms with Crippen molar-refractivity contribution in [3.8, 4) is 5.75 Å². The van der Waals surface area contributed by atoms with Crippen LogP contribution in [0.1, 0.15) is 21.8 Å². The lowest BCUT2D eigenvalue weighted by Gasteiger charge is -2.05. The highest BCUT2D eigenvalue weighted by atomic mass is 32.1. The van der Waals surface area contributed by atoms with Crippen molar-refractivity contribution in [1.29, 1.82) is 0 Å². The lowest BCUT2D eigenvalue weighted by atomic mass is 10.1. The summed E-state index contributed by atoms with van der Waals surface area (Å²) >= 11 is 1.49. The van der Waals surface area contributed by atoms with Crippen molar-refractivity contribution >= 4 is 17.2 Å². The molecule has 0 aliphatic rings. The zero-order valence-corrected chi connectivity index (χ0v) is 14.8. The van der Waals surface area contributed by atoms with E-state index in [0.717, 1.165) is 16.3 Å². The maximum Gasteiger partial charge on any atom is 0.226 e. The maximum absolute atomic E-state index is 12.1. The molecule has 128 valence electrons. The SMILES string of the molecule is Cc1ccc(CNC(=O)Cc2csc(COc3cccnc3)n2)cc1. The fraction of sp³-hybridized carbons (Fsp3) is 0.211. The Balaban J connectivity index is 1.45. The van der Waals surface area contributed by atoms with E-state index in [-0.39, 0.29) is 12.3 Å². The predicted octanol–water partition coefficient (Wildman–Crippen LogP) is 3.28. The van der Waals surface area contributed by atoms with Gasteiger partial charge in [-0.15, -0.1) is 11.3 Å². The number of hydrogen-bond acceptors (Lipinski definition) is 5. The Bertz CT molecular complexity index is 816. The number of rotatable bonds is 7. The molecule has 1 amide bonds. The first-order valence-electron chi connectivity index (χ1n) is 7.97. The number of nitrogens with zero attached hydrogens (tertiary/aromatic N) is 2. The number of thiazole rings is 1. The molecule has 3 rings (SSSR count). The molecule has 0 saturated carbocycles. The number of ether oxygens (including phenoxy) is 1. The number of carbonyl (C=O) groups is 1. The molecule has 0 aliphatic heterocycles. The molecule has 0 spiro atoms. The summed E-state index contributed by atoms with van der Waals surface area (Å²) in [6, 6.07) is 11.8. The number of pyridine rings is 1. The van der Waals surface area contributed by atoms with Crippen molar-refractivity contribution in [3.63, 3.8) is 0 Å². The largest absolute Gasteiger partial charge is 0.485 e. The minimum absolute atomic E-state index is 0.0365. The molecule has 0 unspecified atom stereocenters. The van der Waals surface area contributed by atoms with Gasteiger partial charge in [-0.1, -0.05) is 29.8 Å². The Morgan fingerprint density at radius 3 is 2.84 bits per heavy atom. The van der Waals surface area contributed by atoms with Crippen LogP contribution in [0, 0.1) is 6.92 Å². The first-order chi connectivity index (χ1) is 12.2. The van der Waals surface area contributed by atoms with Crippen molar-refractivity contribution in [3.05, 3.63) is 76.0 Å². The number of nitrogens with one attached hydrogen (secondary N) is 1. The monoisotopic (exact) mass is 353 g/mol. The second-order valence-electron chi connectivity index (χ2n) is 5.65. The van der Waals surface area contributed by atoms with Gasteiger partial charge in [-0.3, -0.25) is 9.78 Å². The van der Waals surface area contributed by atoms with Crippen LogP contribution in [-0.4, -0.2) is 15.9 Å². The molecule has 0 fully saturated rings. The summed E-state index contributed by atoms with van der Waals surface area (Å²) in [5.74, 6) is 0.667. The number of aromatic nitrogens is 2. The van der Waals surface area contributed by atoms with E-state index >= 15 is 0 Å². The summed E-state index contributed by atoms with van der Waals surface area (Å²) in [5.41, 5.74) is 3.05. The molecule has 1 aromatic carbocycles. The van der Waals surface area contributed by atoms with Crippen molar-refractivity contribution < 1.29 is 9.53 Å². The molecule has 0 aliphatic carbocycles. The number of amides is 1. The third kappa shape index (κ3) is 5.39. The summed E-state index contributed by atoms with van der Waals surface area (Å²) in [4.78, 5) is 20.5. The second-order valence-corrected chi connectivity index (χ2v) is 6.59. The van der Waals surface area contributed by atoms with E-state index in [1.165, 1.54) is 16.9 Å². The normalized spacial score (nSPS) is 10.4. The lowest BCUT2D eigenvalue weighted by Crippen LogP contribution is -2.24. The molecule has 6 heteroatoms. The Morgan fingerprint density at radius 2 is 2.08 bits per heavy atom. The number of benzene rings is 1. The van der Waals surface area contributed by atoms with Crippen LogP contribution in [0.3, 0.4) is 0 Å². The Kier molecular flexibility index (Phi) is 5.74. The smallest absolute Gasteiger partial charge is 0.226 e. The summed E-state index contributed by atoms with van der Waals surface area (Å²) < 4.78 is 5.61. The van der Waals surface area contributed by atoms with E-state index in [1.54, 1.807) is 12.4 Å². The van der Waals surface area contributed by atoms with Gasteiger partial charge >= 0.3 is 0 Å². The van der Waals surface area contributed by atoms with Gasteiger partial charge in [-0.25, -0.2) is 4.98 Å². The van der Waals surface area contributed by atoms with Crippen LogP contribution in [0.4, 0.5) is 0 Å². The molecule has 5 nitrogen and oxygen atoms in total. The highest BCUT2D eigenvalue weighted by molar-refractivity contribution is 7.09. The fourth-order valence-electron chi connectivity index (χ4n) is 2.21. The molecule has 0 saturated heterocycles. The molecule has 25 heavy (non-hydrogen) atoms. The van der Waals surface area contributed by atoms with E-state index < -0.39 is 0 Å². The van der Waals surface area contributed by atoms with Crippen LogP contribution in [0.15, 0.2) is 54.2 Å². The Hall–Kier alpha value is -2.73.